The van der Waals surface area contributed by atoms with Crippen molar-refractivity contribution in [3.8, 4) is 0 Å². The molecule has 1 aliphatic heterocycles. The van der Waals surface area contributed by atoms with Crippen LogP contribution >= 0.6 is 0 Å². The second kappa shape index (κ2) is 6.21. The van der Waals surface area contributed by atoms with Gasteiger partial charge in [0, 0.05) is 38.5 Å². The lowest BCUT2D eigenvalue weighted by molar-refractivity contribution is 0.0588. The van der Waals surface area contributed by atoms with Gasteiger partial charge in [0.2, 0.25) is 0 Å². The minimum Gasteiger partial charge on any atom is -0.381 e. The van der Waals surface area contributed by atoms with Gasteiger partial charge in [0.25, 0.3) is 0 Å². The van der Waals surface area contributed by atoms with Crippen LogP contribution in [0, 0.1) is 12.8 Å². The number of hydrogen-bond donors (Lipinski definition) is 1. The van der Waals surface area contributed by atoms with Gasteiger partial charge < -0.3 is 15.4 Å². The van der Waals surface area contributed by atoms with E-state index < -0.39 is 0 Å². The van der Waals surface area contributed by atoms with Crippen molar-refractivity contribution in [1.29, 1.82) is 0 Å². The number of nitrogens with zero attached hydrogens (tertiary/aromatic N) is 1. The number of benzene rings is 1. The van der Waals surface area contributed by atoms with Gasteiger partial charge in [0.1, 0.15) is 0 Å². The van der Waals surface area contributed by atoms with E-state index >= 15 is 0 Å². The number of nitrogens with two attached hydrogens (primary N) is 1. The molecule has 0 bridgehead atoms. The van der Waals surface area contributed by atoms with Crippen molar-refractivity contribution in [2.45, 2.75) is 25.8 Å². The fraction of sp³-hybridized carbons (Fsp3) is 0.600. The van der Waals surface area contributed by atoms with Crippen molar-refractivity contribution in [2.75, 3.05) is 31.7 Å². The normalized spacial score (nSPS) is 18.6. The summed E-state index contributed by atoms with van der Waals surface area (Å²) in [5.41, 5.74) is 8.54. The lowest BCUT2D eigenvalue weighted by Crippen LogP contribution is -2.45. The molecule has 1 atom stereocenters. The molecular weight excluding hydrogens is 224 g/mol. The third-order valence-electron chi connectivity index (χ3n) is 3.99. The third kappa shape index (κ3) is 3.03. The van der Waals surface area contributed by atoms with Gasteiger partial charge in [-0.15, -0.1) is 0 Å². The monoisotopic (exact) mass is 248 g/mol. The van der Waals surface area contributed by atoms with Crippen LogP contribution in [0.4, 0.5) is 5.69 Å². The Morgan fingerprint density at radius 2 is 1.89 bits per heavy atom. The molecule has 100 valence electrons. The Hall–Kier alpha value is -1.06. The van der Waals surface area contributed by atoms with Crippen molar-refractivity contribution in [1.82, 2.24) is 0 Å². The topological polar surface area (TPSA) is 38.5 Å². The minimum absolute atomic E-state index is 0.414. The van der Waals surface area contributed by atoms with Crippen LogP contribution in [0.1, 0.15) is 18.4 Å². The molecule has 18 heavy (non-hydrogen) atoms. The van der Waals surface area contributed by atoms with Crippen molar-refractivity contribution in [3.63, 3.8) is 0 Å². The zero-order valence-corrected chi connectivity index (χ0v) is 11.4. The van der Waals surface area contributed by atoms with E-state index in [1.807, 2.05) is 0 Å². The van der Waals surface area contributed by atoms with Gasteiger partial charge in [-0.05, 0) is 37.8 Å². The first-order valence-electron chi connectivity index (χ1n) is 6.79. The minimum atomic E-state index is 0.414. The van der Waals surface area contributed by atoms with E-state index in [0.29, 0.717) is 18.5 Å². The molecule has 0 amide bonds. The number of aryl methyl sites for hydroxylation is 1. The smallest absolute Gasteiger partial charge is 0.0469 e. The molecule has 3 heteroatoms. The SMILES string of the molecule is Cc1ccc(N(C)C(CN)C2CCOCC2)cc1. The van der Waals surface area contributed by atoms with Crippen LogP contribution in [0.3, 0.4) is 0 Å². The number of likely N-dealkylation sites (N-methyl/N-ethyl adjacent to an activating group) is 1. The maximum absolute atomic E-state index is 5.99. The predicted octanol–water partition coefficient (Wildman–Crippen LogP) is 2.19. The van der Waals surface area contributed by atoms with Crippen LogP contribution in [0.25, 0.3) is 0 Å². The summed E-state index contributed by atoms with van der Waals surface area (Å²) in [7, 11) is 2.15. The molecule has 1 aliphatic rings. The quantitative estimate of drug-likeness (QED) is 0.887. The first-order chi connectivity index (χ1) is 8.72. The fourth-order valence-electron chi connectivity index (χ4n) is 2.74. The molecule has 0 radical (unpaired) electrons. The number of rotatable bonds is 4. The van der Waals surface area contributed by atoms with E-state index in [0.717, 1.165) is 26.1 Å². The summed E-state index contributed by atoms with van der Waals surface area (Å²) in [6.45, 7) is 4.57. The van der Waals surface area contributed by atoms with Crippen molar-refractivity contribution >= 4 is 5.69 Å². The largest absolute Gasteiger partial charge is 0.381 e. The summed E-state index contributed by atoms with van der Waals surface area (Å²) in [4.78, 5) is 2.33. The van der Waals surface area contributed by atoms with Gasteiger partial charge in [-0.3, -0.25) is 0 Å². The van der Waals surface area contributed by atoms with Crippen LogP contribution in [0.2, 0.25) is 0 Å². The molecule has 1 fully saturated rings. The summed E-state index contributed by atoms with van der Waals surface area (Å²) in [5.74, 6) is 0.648. The van der Waals surface area contributed by atoms with E-state index in [1.54, 1.807) is 0 Å². The fourth-order valence-corrected chi connectivity index (χ4v) is 2.74. The lowest BCUT2D eigenvalue weighted by Gasteiger charge is -2.37. The standard InChI is InChI=1S/C15H24N2O/c1-12-3-5-14(6-4-12)17(2)15(11-16)13-7-9-18-10-8-13/h3-6,13,15H,7-11,16H2,1-2H3. The summed E-state index contributed by atoms with van der Waals surface area (Å²) < 4.78 is 5.44. The Morgan fingerprint density at radius 3 is 2.44 bits per heavy atom. The molecule has 0 saturated carbocycles. The summed E-state index contributed by atoms with van der Waals surface area (Å²) in [6, 6.07) is 9.08. The molecule has 1 heterocycles. The number of ether oxygens (including phenoxy) is 1. The molecule has 0 spiro atoms. The van der Waals surface area contributed by atoms with Crippen molar-refractivity contribution in [2.24, 2.45) is 11.7 Å². The van der Waals surface area contributed by atoms with Crippen LogP contribution in [-0.2, 0) is 4.74 Å². The summed E-state index contributed by atoms with van der Waals surface area (Å²) in [5, 5.41) is 0. The zero-order chi connectivity index (χ0) is 13.0. The number of hydrogen-bond acceptors (Lipinski definition) is 3. The molecule has 1 aromatic rings. The molecule has 2 N–H and O–H groups in total. The van der Waals surface area contributed by atoms with Crippen LogP contribution in [-0.4, -0.2) is 32.8 Å². The zero-order valence-electron chi connectivity index (χ0n) is 11.4. The molecule has 1 aromatic carbocycles. The molecule has 0 aliphatic carbocycles. The second-order valence-electron chi connectivity index (χ2n) is 5.20. The van der Waals surface area contributed by atoms with E-state index in [9.17, 15) is 0 Å². The Labute approximate surface area is 110 Å². The van der Waals surface area contributed by atoms with Gasteiger partial charge >= 0.3 is 0 Å². The molecule has 2 rings (SSSR count). The van der Waals surface area contributed by atoms with E-state index in [2.05, 4.69) is 43.1 Å². The molecule has 0 aromatic heterocycles. The average molecular weight is 248 g/mol. The van der Waals surface area contributed by atoms with Gasteiger partial charge in [0.05, 0.1) is 0 Å². The van der Waals surface area contributed by atoms with Crippen molar-refractivity contribution < 1.29 is 4.74 Å². The van der Waals surface area contributed by atoms with Crippen LogP contribution < -0.4 is 10.6 Å². The first-order valence-corrected chi connectivity index (χ1v) is 6.79. The lowest BCUT2D eigenvalue weighted by atomic mass is 9.90. The average Bonchev–Trinajstić information content (AvgIpc) is 2.41. The maximum atomic E-state index is 5.99. The van der Waals surface area contributed by atoms with Gasteiger partial charge in [-0.25, -0.2) is 0 Å². The van der Waals surface area contributed by atoms with Gasteiger partial charge in [0.15, 0.2) is 0 Å². The van der Waals surface area contributed by atoms with Crippen molar-refractivity contribution in [3.05, 3.63) is 29.8 Å². The first kappa shape index (κ1) is 13.4. The highest BCUT2D eigenvalue weighted by Gasteiger charge is 2.26. The van der Waals surface area contributed by atoms with Crippen LogP contribution in [0.15, 0.2) is 24.3 Å². The highest BCUT2D eigenvalue weighted by molar-refractivity contribution is 5.48. The van der Waals surface area contributed by atoms with E-state index in [-0.39, 0.29) is 0 Å². The predicted molar refractivity (Wildman–Crippen MR) is 76.0 cm³/mol. The number of anilines is 1. The second-order valence-corrected chi connectivity index (χ2v) is 5.20. The van der Waals surface area contributed by atoms with Gasteiger partial charge in [-0.1, -0.05) is 17.7 Å². The Bertz CT molecular complexity index is 357. The van der Waals surface area contributed by atoms with E-state index in [4.69, 9.17) is 10.5 Å². The molecule has 1 unspecified atom stereocenters. The summed E-state index contributed by atoms with van der Waals surface area (Å²) >= 11 is 0. The third-order valence-corrected chi connectivity index (χ3v) is 3.99. The summed E-state index contributed by atoms with van der Waals surface area (Å²) in [6.07, 6.45) is 2.25. The maximum Gasteiger partial charge on any atom is 0.0469 e. The molecule has 3 nitrogen and oxygen atoms in total. The Morgan fingerprint density at radius 1 is 1.28 bits per heavy atom. The van der Waals surface area contributed by atoms with E-state index in [1.165, 1.54) is 11.3 Å². The molecule has 1 saturated heterocycles. The molecular formula is C15H24N2O. The van der Waals surface area contributed by atoms with Crippen LogP contribution in [0.5, 0.6) is 0 Å². The highest BCUT2D eigenvalue weighted by atomic mass is 16.5. The highest BCUT2D eigenvalue weighted by Crippen LogP contribution is 2.25. The Balaban J connectivity index is 2.08. The van der Waals surface area contributed by atoms with Gasteiger partial charge in [-0.2, -0.15) is 0 Å². The Kier molecular flexibility index (Phi) is 4.61.